The summed E-state index contributed by atoms with van der Waals surface area (Å²) in [4.78, 5) is 8.68. The molecule has 0 saturated carbocycles. The second kappa shape index (κ2) is 6.89. The number of aromatic nitrogens is 2. The third-order valence-electron chi connectivity index (χ3n) is 2.32. The standard InChI is InChI=1S/C13H21N3O/c1-5-7-9-17-13-10(3)12(14-8-6-2)15-11(4)16-13/h5H,1,6-9H2,2-4H3,(H,14,15,16). The Morgan fingerprint density at radius 3 is 2.76 bits per heavy atom. The van der Waals surface area contributed by atoms with Crippen molar-refractivity contribution in [3.63, 3.8) is 0 Å². The minimum absolute atomic E-state index is 0.605. The van der Waals surface area contributed by atoms with Crippen LogP contribution in [0.1, 0.15) is 31.2 Å². The Morgan fingerprint density at radius 1 is 1.35 bits per heavy atom. The predicted octanol–water partition coefficient (Wildman–Crippen LogP) is 2.87. The second-order valence-electron chi connectivity index (χ2n) is 3.90. The smallest absolute Gasteiger partial charge is 0.221 e. The van der Waals surface area contributed by atoms with Gasteiger partial charge in [-0.3, -0.25) is 0 Å². The summed E-state index contributed by atoms with van der Waals surface area (Å²) in [5.74, 6) is 2.26. The molecule has 0 unspecified atom stereocenters. The molecule has 17 heavy (non-hydrogen) atoms. The zero-order valence-electron chi connectivity index (χ0n) is 10.9. The van der Waals surface area contributed by atoms with Gasteiger partial charge in [0.1, 0.15) is 11.6 Å². The van der Waals surface area contributed by atoms with Crippen LogP contribution in [0.5, 0.6) is 5.88 Å². The Balaban J connectivity index is 2.81. The van der Waals surface area contributed by atoms with Crippen LogP contribution in [0.4, 0.5) is 5.82 Å². The normalized spacial score (nSPS) is 10.1. The molecule has 0 aliphatic heterocycles. The van der Waals surface area contributed by atoms with Crippen molar-refractivity contribution >= 4 is 5.82 Å². The number of nitrogens with zero attached hydrogens (tertiary/aromatic N) is 2. The largest absolute Gasteiger partial charge is 0.477 e. The third-order valence-corrected chi connectivity index (χ3v) is 2.32. The SMILES string of the molecule is C=CCCOc1nc(C)nc(NCCC)c1C. The summed E-state index contributed by atoms with van der Waals surface area (Å²) in [7, 11) is 0. The molecule has 4 heteroatoms. The molecule has 0 fully saturated rings. The fraction of sp³-hybridized carbons (Fsp3) is 0.538. The van der Waals surface area contributed by atoms with Crippen LogP contribution in [-0.4, -0.2) is 23.1 Å². The minimum atomic E-state index is 0.605. The summed E-state index contributed by atoms with van der Waals surface area (Å²) >= 11 is 0. The Bertz CT molecular complexity index is 377. The Labute approximate surface area is 103 Å². The minimum Gasteiger partial charge on any atom is -0.477 e. The summed E-state index contributed by atoms with van der Waals surface area (Å²) in [5, 5.41) is 3.28. The lowest BCUT2D eigenvalue weighted by Crippen LogP contribution is -2.09. The van der Waals surface area contributed by atoms with E-state index in [0.29, 0.717) is 12.5 Å². The van der Waals surface area contributed by atoms with Gasteiger partial charge in [-0.2, -0.15) is 4.98 Å². The topological polar surface area (TPSA) is 47.0 Å². The summed E-state index contributed by atoms with van der Waals surface area (Å²) in [6, 6.07) is 0. The highest BCUT2D eigenvalue weighted by molar-refractivity contribution is 5.48. The number of hydrogen-bond donors (Lipinski definition) is 1. The van der Waals surface area contributed by atoms with Crippen LogP contribution in [-0.2, 0) is 0 Å². The first-order valence-corrected chi connectivity index (χ1v) is 6.01. The highest BCUT2D eigenvalue weighted by Gasteiger charge is 2.09. The highest BCUT2D eigenvalue weighted by Crippen LogP contribution is 2.21. The predicted molar refractivity (Wildman–Crippen MR) is 70.6 cm³/mol. The van der Waals surface area contributed by atoms with E-state index < -0.39 is 0 Å². The van der Waals surface area contributed by atoms with Gasteiger partial charge in [0, 0.05) is 6.54 Å². The lowest BCUT2D eigenvalue weighted by atomic mass is 10.3. The van der Waals surface area contributed by atoms with Gasteiger partial charge in [-0.1, -0.05) is 13.0 Å². The monoisotopic (exact) mass is 235 g/mol. The molecule has 1 N–H and O–H groups in total. The number of hydrogen-bond acceptors (Lipinski definition) is 4. The molecule has 0 aromatic carbocycles. The van der Waals surface area contributed by atoms with Gasteiger partial charge in [-0.25, -0.2) is 4.98 Å². The van der Waals surface area contributed by atoms with E-state index in [1.807, 2.05) is 19.9 Å². The van der Waals surface area contributed by atoms with Crippen molar-refractivity contribution in [2.45, 2.75) is 33.6 Å². The molecule has 0 amide bonds. The summed E-state index contributed by atoms with van der Waals surface area (Å²) in [6.07, 6.45) is 3.72. The van der Waals surface area contributed by atoms with E-state index in [9.17, 15) is 0 Å². The van der Waals surface area contributed by atoms with Crippen molar-refractivity contribution in [1.29, 1.82) is 0 Å². The molecule has 0 aliphatic rings. The van der Waals surface area contributed by atoms with Crippen LogP contribution in [0.25, 0.3) is 0 Å². The van der Waals surface area contributed by atoms with Crippen molar-refractivity contribution in [2.24, 2.45) is 0 Å². The maximum Gasteiger partial charge on any atom is 0.221 e. The van der Waals surface area contributed by atoms with Gasteiger partial charge < -0.3 is 10.1 Å². The fourth-order valence-corrected chi connectivity index (χ4v) is 1.40. The van der Waals surface area contributed by atoms with Crippen molar-refractivity contribution in [2.75, 3.05) is 18.5 Å². The number of aryl methyl sites for hydroxylation is 1. The molecule has 0 spiro atoms. The molecule has 1 rings (SSSR count). The van der Waals surface area contributed by atoms with Crippen molar-refractivity contribution in [3.8, 4) is 5.88 Å². The molecular weight excluding hydrogens is 214 g/mol. The molecule has 0 radical (unpaired) electrons. The molecule has 0 saturated heterocycles. The summed E-state index contributed by atoms with van der Waals surface area (Å²) < 4.78 is 5.62. The van der Waals surface area contributed by atoms with E-state index in [1.165, 1.54) is 0 Å². The van der Waals surface area contributed by atoms with E-state index in [0.717, 1.165) is 36.6 Å². The van der Waals surface area contributed by atoms with Crippen LogP contribution < -0.4 is 10.1 Å². The third kappa shape index (κ3) is 4.06. The molecule has 1 heterocycles. The van der Waals surface area contributed by atoms with Gasteiger partial charge in [0.2, 0.25) is 5.88 Å². The van der Waals surface area contributed by atoms with Crippen LogP contribution in [0.15, 0.2) is 12.7 Å². The highest BCUT2D eigenvalue weighted by atomic mass is 16.5. The Morgan fingerprint density at radius 2 is 2.12 bits per heavy atom. The van der Waals surface area contributed by atoms with Crippen LogP contribution in [0, 0.1) is 13.8 Å². The molecule has 0 aliphatic carbocycles. The number of rotatable bonds is 7. The lowest BCUT2D eigenvalue weighted by Gasteiger charge is -2.12. The number of ether oxygens (including phenoxy) is 1. The van der Waals surface area contributed by atoms with E-state index >= 15 is 0 Å². The lowest BCUT2D eigenvalue weighted by molar-refractivity contribution is 0.309. The quantitative estimate of drug-likeness (QED) is 0.583. The van der Waals surface area contributed by atoms with Gasteiger partial charge in [0.15, 0.2) is 0 Å². The van der Waals surface area contributed by atoms with Gasteiger partial charge >= 0.3 is 0 Å². The van der Waals surface area contributed by atoms with Crippen molar-refractivity contribution in [3.05, 3.63) is 24.0 Å². The van der Waals surface area contributed by atoms with Crippen LogP contribution >= 0.6 is 0 Å². The number of anilines is 1. The van der Waals surface area contributed by atoms with E-state index in [2.05, 4.69) is 28.8 Å². The van der Waals surface area contributed by atoms with Crippen LogP contribution in [0.2, 0.25) is 0 Å². The molecule has 4 nitrogen and oxygen atoms in total. The van der Waals surface area contributed by atoms with Gasteiger partial charge in [-0.15, -0.1) is 6.58 Å². The zero-order chi connectivity index (χ0) is 12.7. The van der Waals surface area contributed by atoms with E-state index in [4.69, 9.17) is 4.74 Å². The molecule has 0 atom stereocenters. The first-order valence-electron chi connectivity index (χ1n) is 6.01. The molecule has 0 bridgehead atoms. The first-order chi connectivity index (χ1) is 8.19. The molecule has 1 aromatic heterocycles. The summed E-state index contributed by atoms with van der Waals surface area (Å²) in [6.45, 7) is 11.1. The first kappa shape index (κ1) is 13.5. The Kier molecular flexibility index (Phi) is 5.46. The number of nitrogens with one attached hydrogen (secondary N) is 1. The molecule has 94 valence electrons. The Hall–Kier alpha value is -1.58. The maximum atomic E-state index is 5.62. The van der Waals surface area contributed by atoms with Crippen molar-refractivity contribution in [1.82, 2.24) is 9.97 Å². The maximum absolute atomic E-state index is 5.62. The summed E-state index contributed by atoms with van der Waals surface area (Å²) in [5.41, 5.74) is 0.966. The van der Waals surface area contributed by atoms with Gasteiger partial charge in [0.05, 0.1) is 12.2 Å². The zero-order valence-corrected chi connectivity index (χ0v) is 10.9. The van der Waals surface area contributed by atoms with Crippen molar-refractivity contribution < 1.29 is 4.74 Å². The van der Waals surface area contributed by atoms with Gasteiger partial charge in [0.25, 0.3) is 0 Å². The molecule has 1 aromatic rings. The molecular formula is C13H21N3O. The van der Waals surface area contributed by atoms with E-state index in [-0.39, 0.29) is 0 Å². The second-order valence-corrected chi connectivity index (χ2v) is 3.90. The average molecular weight is 235 g/mol. The van der Waals surface area contributed by atoms with Crippen LogP contribution in [0.3, 0.4) is 0 Å². The fourth-order valence-electron chi connectivity index (χ4n) is 1.40. The van der Waals surface area contributed by atoms with Gasteiger partial charge in [-0.05, 0) is 26.7 Å². The van der Waals surface area contributed by atoms with E-state index in [1.54, 1.807) is 0 Å². The average Bonchev–Trinajstić information content (AvgIpc) is 2.31.